The summed E-state index contributed by atoms with van der Waals surface area (Å²) in [5.41, 5.74) is 0. The molecular formula is C7H9N. The van der Waals surface area contributed by atoms with E-state index >= 15 is 0 Å². The minimum Gasteiger partial charge on any atom is -0.273 e. The van der Waals surface area contributed by atoms with Gasteiger partial charge in [-0.05, 0) is 12.8 Å². The summed E-state index contributed by atoms with van der Waals surface area (Å²) in [6, 6.07) is 0. The van der Waals surface area contributed by atoms with E-state index < -0.39 is 0 Å². The molecule has 42 valence electrons. The highest BCUT2D eigenvalue weighted by Crippen LogP contribution is 1.76. The summed E-state index contributed by atoms with van der Waals surface area (Å²) in [7, 11) is 0. The van der Waals surface area contributed by atoms with Crippen molar-refractivity contribution in [3.8, 4) is 0 Å². The van der Waals surface area contributed by atoms with Gasteiger partial charge in [-0.1, -0.05) is 24.8 Å². The Hall–Kier alpha value is -1.11. The van der Waals surface area contributed by atoms with Gasteiger partial charge < -0.3 is 0 Å². The molecule has 8 heavy (non-hydrogen) atoms. The van der Waals surface area contributed by atoms with E-state index in [4.69, 9.17) is 0 Å². The molecule has 0 atom stereocenters. The molecule has 0 fully saturated rings. The van der Waals surface area contributed by atoms with Crippen LogP contribution in [0.1, 0.15) is 0 Å². The third-order valence-electron chi connectivity index (χ3n) is 0.550. The number of aliphatic imine (C=N–C) groups is 1. The molecule has 0 aromatic rings. The van der Waals surface area contributed by atoms with E-state index in [1.54, 1.807) is 18.4 Å². The van der Waals surface area contributed by atoms with Crippen LogP contribution >= 0.6 is 0 Å². The van der Waals surface area contributed by atoms with Crippen molar-refractivity contribution >= 4 is 6.72 Å². The summed E-state index contributed by atoms with van der Waals surface area (Å²) in [6.07, 6.45) is 8.76. The van der Waals surface area contributed by atoms with Crippen LogP contribution in [-0.2, 0) is 0 Å². The number of nitrogens with zero attached hydrogens (tertiary/aromatic N) is 1. The number of allylic oxidation sites excluding steroid dienone is 4. The van der Waals surface area contributed by atoms with E-state index in [-0.39, 0.29) is 0 Å². The van der Waals surface area contributed by atoms with E-state index in [0.717, 1.165) is 0 Å². The molecule has 0 spiro atoms. The van der Waals surface area contributed by atoms with E-state index in [0.29, 0.717) is 0 Å². The molecule has 0 aromatic carbocycles. The molecule has 0 saturated heterocycles. The van der Waals surface area contributed by atoms with Crippen LogP contribution in [0.5, 0.6) is 0 Å². The SMILES string of the molecule is C=C/C=C/C=C\N=C. The fourth-order valence-corrected chi connectivity index (χ4v) is 0.253. The zero-order valence-corrected chi connectivity index (χ0v) is 4.75. The minimum atomic E-state index is 1.61. The molecule has 0 radical (unpaired) electrons. The molecule has 1 nitrogen and oxygen atoms in total. The lowest BCUT2D eigenvalue weighted by atomic mass is 10.5. The maximum Gasteiger partial charge on any atom is 0.0260 e. The van der Waals surface area contributed by atoms with E-state index in [1.807, 2.05) is 12.2 Å². The van der Waals surface area contributed by atoms with Gasteiger partial charge in [-0.3, -0.25) is 4.99 Å². The lowest BCUT2D eigenvalue weighted by Gasteiger charge is -1.67. The first kappa shape index (κ1) is 6.89. The Morgan fingerprint density at radius 2 is 1.88 bits per heavy atom. The van der Waals surface area contributed by atoms with E-state index in [1.165, 1.54) is 0 Å². The molecule has 0 aliphatic carbocycles. The van der Waals surface area contributed by atoms with Gasteiger partial charge in [-0.15, -0.1) is 0 Å². The summed E-state index contributed by atoms with van der Waals surface area (Å²) in [5.74, 6) is 0. The molecule has 0 saturated carbocycles. The highest BCUT2D eigenvalue weighted by atomic mass is 14.6. The Balaban J connectivity index is 3.41. The van der Waals surface area contributed by atoms with Crippen LogP contribution in [0.15, 0.2) is 42.1 Å². The van der Waals surface area contributed by atoms with Gasteiger partial charge in [-0.2, -0.15) is 0 Å². The highest BCUT2D eigenvalue weighted by Gasteiger charge is 1.55. The van der Waals surface area contributed by atoms with Gasteiger partial charge in [-0.25, -0.2) is 0 Å². The highest BCUT2D eigenvalue weighted by molar-refractivity contribution is 5.26. The van der Waals surface area contributed by atoms with Gasteiger partial charge in [0, 0.05) is 6.20 Å². The van der Waals surface area contributed by atoms with Crippen molar-refractivity contribution in [3.05, 3.63) is 37.1 Å². The van der Waals surface area contributed by atoms with Gasteiger partial charge in [0.2, 0.25) is 0 Å². The van der Waals surface area contributed by atoms with Crippen molar-refractivity contribution in [2.24, 2.45) is 4.99 Å². The molecule has 0 aliphatic rings. The van der Waals surface area contributed by atoms with Gasteiger partial charge >= 0.3 is 0 Å². The van der Waals surface area contributed by atoms with Crippen molar-refractivity contribution in [1.82, 2.24) is 0 Å². The average Bonchev–Trinajstić information content (AvgIpc) is 1.81. The predicted octanol–water partition coefficient (Wildman–Crippen LogP) is 1.94. The topological polar surface area (TPSA) is 12.4 Å². The van der Waals surface area contributed by atoms with E-state index in [2.05, 4.69) is 18.3 Å². The van der Waals surface area contributed by atoms with Crippen LogP contribution in [0.2, 0.25) is 0 Å². The molecule has 0 N–H and O–H groups in total. The number of hydrogen-bond acceptors (Lipinski definition) is 1. The average molecular weight is 107 g/mol. The third-order valence-corrected chi connectivity index (χ3v) is 0.550. The van der Waals surface area contributed by atoms with Gasteiger partial charge in [0.05, 0.1) is 0 Å². The van der Waals surface area contributed by atoms with Crippen molar-refractivity contribution in [3.63, 3.8) is 0 Å². The van der Waals surface area contributed by atoms with Gasteiger partial charge in [0.15, 0.2) is 0 Å². The Morgan fingerprint density at radius 1 is 1.12 bits per heavy atom. The van der Waals surface area contributed by atoms with Crippen molar-refractivity contribution < 1.29 is 0 Å². The summed E-state index contributed by atoms with van der Waals surface area (Å²) in [5, 5.41) is 0. The molecule has 0 unspecified atom stereocenters. The zero-order chi connectivity index (χ0) is 6.24. The summed E-state index contributed by atoms with van der Waals surface area (Å²) < 4.78 is 0. The molecule has 0 bridgehead atoms. The van der Waals surface area contributed by atoms with Crippen molar-refractivity contribution in [2.75, 3.05) is 0 Å². The first-order valence-corrected chi connectivity index (χ1v) is 2.32. The zero-order valence-electron chi connectivity index (χ0n) is 4.75. The first-order chi connectivity index (χ1) is 3.91. The van der Waals surface area contributed by atoms with Crippen LogP contribution in [0.25, 0.3) is 0 Å². The fourth-order valence-electron chi connectivity index (χ4n) is 0.253. The molecule has 0 rings (SSSR count). The second-order valence-electron chi connectivity index (χ2n) is 1.14. The molecule has 0 amide bonds. The minimum absolute atomic E-state index is 1.61. The maximum atomic E-state index is 3.49. The van der Waals surface area contributed by atoms with Crippen LogP contribution < -0.4 is 0 Å². The standard InChI is InChI=1S/C7H9N/c1-3-4-5-6-7-8-2/h3-7H,1-2H2/b5-4+,7-6-. The first-order valence-electron chi connectivity index (χ1n) is 2.32. The Bertz CT molecular complexity index is 104. The lowest BCUT2D eigenvalue weighted by Crippen LogP contribution is -1.46. The third kappa shape index (κ3) is 4.89. The Kier molecular flexibility index (Phi) is 5.07. The maximum absolute atomic E-state index is 3.49. The summed E-state index contributed by atoms with van der Waals surface area (Å²) in [6.45, 7) is 6.75. The molecule has 0 aromatic heterocycles. The van der Waals surface area contributed by atoms with Crippen LogP contribution in [0, 0.1) is 0 Å². The molecule has 0 aliphatic heterocycles. The monoisotopic (exact) mass is 107 g/mol. The number of hydrogen-bond donors (Lipinski definition) is 0. The van der Waals surface area contributed by atoms with Crippen LogP contribution in [0.4, 0.5) is 0 Å². The fraction of sp³-hybridized carbons (Fsp3) is 0. The smallest absolute Gasteiger partial charge is 0.0260 e. The Labute approximate surface area is 49.8 Å². The quantitative estimate of drug-likeness (QED) is 0.386. The van der Waals surface area contributed by atoms with Crippen molar-refractivity contribution in [2.45, 2.75) is 0 Å². The normalized spacial score (nSPS) is 10.5. The van der Waals surface area contributed by atoms with Crippen LogP contribution in [-0.4, -0.2) is 6.72 Å². The largest absolute Gasteiger partial charge is 0.273 e. The predicted molar refractivity (Wildman–Crippen MR) is 38.0 cm³/mol. The lowest BCUT2D eigenvalue weighted by molar-refractivity contribution is 1.61. The van der Waals surface area contributed by atoms with E-state index in [9.17, 15) is 0 Å². The molecule has 1 heteroatoms. The molecular weight excluding hydrogens is 98.1 g/mol. The Morgan fingerprint density at radius 3 is 2.38 bits per heavy atom. The molecule has 0 heterocycles. The van der Waals surface area contributed by atoms with Gasteiger partial charge in [0.1, 0.15) is 0 Å². The summed E-state index contributed by atoms with van der Waals surface area (Å²) in [4.78, 5) is 3.49. The van der Waals surface area contributed by atoms with Gasteiger partial charge in [0.25, 0.3) is 0 Å². The van der Waals surface area contributed by atoms with Crippen LogP contribution in [0.3, 0.4) is 0 Å². The second-order valence-corrected chi connectivity index (χ2v) is 1.14. The summed E-state index contributed by atoms with van der Waals surface area (Å²) >= 11 is 0. The number of rotatable bonds is 3. The van der Waals surface area contributed by atoms with Crippen molar-refractivity contribution in [1.29, 1.82) is 0 Å². The second kappa shape index (κ2) is 5.89.